The van der Waals surface area contributed by atoms with E-state index >= 15 is 0 Å². The Morgan fingerprint density at radius 2 is 1.79 bits per heavy atom. The lowest BCUT2D eigenvalue weighted by molar-refractivity contribution is 0.417. The van der Waals surface area contributed by atoms with E-state index in [4.69, 9.17) is 27.8 Å². The maximum absolute atomic E-state index is 13.9. The van der Waals surface area contributed by atoms with E-state index in [2.05, 4.69) is 0 Å². The van der Waals surface area contributed by atoms with Gasteiger partial charge < -0.3 is 16.2 Å². The first kappa shape index (κ1) is 13.4. The topological polar surface area (TPSA) is 61.3 Å². The quantitative estimate of drug-likeness (QED) is 0.823. The number of benzene rings is 2. The molecule has 0 amide bonds. The highest BCUT2D eigenvalue weighted by molar-refractivity contribution is 6.33. The van der Waals surface area contributed by atoms with Crippen LogP contribution in [0.1, 0.15) is 5.56 Å². The number of ether oxygens (including phenoxy) is 1. The second-order valence-corrected chi connectivity index (χ2v) is 4.43. The molecule has 19 heavy (non-hydrogen) atoms. The molecule has 0 unspecified atom stereocenters. The van der Waals surface area contributed by atoms with E-state index in [0.717, 1.165) is 5.56 Å². The number of anilines is 2. The molecule has 0 radical (unpaired) electrons. The second kappa shape index (κ2) is 4.93. The molecule has 0 atom stereocenters. The molecule has 0 saturated heterocycles. The minimum Gasteiger partial charge on any atom is -0.449 e. The van der Waals surface area contributed by atoms with Gasteiger partial charge in [-0.3, -0.25) is 0 Å². The van der Waals surface area contributed by atoms with Gasteiger partial charge in [-0.2, -0.15) is 0 Å². The predicted molar refractivity (Wildman–Crippen MR) is 71.4 cm³/mol. The monoisotopic (exact) mass is 284 g/mol. The fourth-order valence-corrected chi connectivity index (χ4v) is 1.69. The molecule has 0 aliphatic carbocycles. The van der Waals surface area contributed by atoms with E-state index in [1.165, 1.54) is 18.2 Å². The average Bonchev–Trinajstić information content (AvgIpc) is 2.36. The fourth-order valence-electron chi connectivity index (χ4n) is 1.55. The van der Waals surface area contributed by atoms with Crippen molar-refractivity contribution in [3.05, 3.63) is 46.5 Å². The highest BCUT2D eigenvalue weighted by Crippen LogP contribution is 2.38. The van der Waals surface area contributed by atoms with Crippen LogP contribution in [0.2, 0.25) is 5.02 Å². The summed E-state index contributed by atoms with van der Waals surface area (Å²) < 4.78 is 32.6. The summed E-state index contributed by atoms with van der Waals surface area (Å²) >= 11 is 5.66. The first-order chi connectivity index (χ1) is 8.90. The molecule has 100 valence electrons. The lowest BCUT2D eigenvalue weighted by Gasteiger charge is -2.12. The first-order valence-corrected chi connectivity index (χ1v) is 5.75. The summed E-state index contributed by atoms with van der Waals surface area (Å²) in [6, 6.07) is 5.47. The molecule has 0 aliphatic rings. The average molecular weight is 285 g/mol. The van der Waals surface area contributed by atoms with Crippen molar-refractivity contribution >= 4 is 23.0 Å². The van der Waals surface area contributed by atoms with Crippen LogP contribution in [-0.4, -0.2) is 0 Å². The van der Waals surface area contributed by atoms with Crippen molar-refractivity contribution in [3.63, 3.8) is 0 Å². The van der Waals surface area contributed by atoms with Crippen molar-refractivity contribution in [2.24, 2.45) is 0 Å². The van der Waals surface area contributed by atoms with Crippen molar-refractivity contribution < 1.29 is 13.5 Å². The normalized spacial score (nSPS) is 10.5. The number of nitrogens with two attached hydrogens (primary N) is 2. The second-order valence-electron chi connectivity index (χ2n) is 4.05. The van der Waals surface area contributed by atoms with Gasteiger partial charge in [0.25, 0.3) is 0 Å². The number of aryl methyl sites for hydroxylation is 1. The molecule has 2 rings (SSSR count). The standard InChI is InChI=1S/C13H11ClF2N2O/c1-6-2-3-7(15)10(4-6)19-13-9(18)5-8(17)11(14)12(13)16/h2-5H,17-18H2,1H3. The van der Waals surface area contributed by atoms with Gasteiger partial charge in [0.2, 0.25) is 0 Å². The summed E-state index contributed by atoms with van der Waals surface area (Å²) in [7, 11) is 0. The predicted octanol–water partition coefficient (Wildman–Crippen LogP) is 3.88. The van der Waals surface area contributed by atoms with Crippen molar-refractivity contribution in [1.82, 2.24) is 0 Å². The zero-order valence-corrected chi connectivity index (χ0v) is 10.8. The molecule has 6 heteroatoms. The van der Waals surface area contributed by atoms with Crippen LogP contribution < -0.4 is 16.2 Å². The highest BCUT2D eigenvalue weighted by atomic mass is 35.5. The van der Waals surface area contributed by atoms with Gasteiger partial charge in [0.05, 0.1) is 11.4 Å². The molecule has 0 spiro atoms. The van der Waals surface area contributed by atoms with Crippen molar-refractivity contribution in [3.8, 4) is 11.5 Å². The van der Waals surface area contributed by atoms with Gasteiger partial charge in [0.1, 0.15) is 5.02 Å². The zero-order valence-electron chi connectivity index (χ0n) is 10.0. The lowest BCUT2D eigenvalue weighted by atomic mass is 10.2. The highest BCUT2D eigenvalue weighted by Gasteiger charge is 2.17. The summed E-state index contributed by atoms with van der Waals surface area (Å²) in [5, 5.41) is -0.308. The van der Waals surface area contributed by atoms with Crippen LogP contribution in [0, 0.1) is 18.6 Å². The number of hydrogen-bond acceptors (Lipinski definition) is 3. The Hall–Kier alpha value is -2.01. The molecule has 0 bridgehead atoms. The molecule has 4 N–H and O–H groups in total. The fraction of sp³-hybridized carbons (Fsp3) is 0.0769. The van der Waals surface area contributed by atoms with Crippen LogP contribution in [0.15, 0.2) is 24.3 Å². The van der Waals surface area contributed by atoms with E-state index < -0.39 is 11.6 Å². The Morgan fingerprint density at radius 1 is 1.11 bits per heavy atom. The van der Waals surface area contributed by atoms with E-state index in [-0.39, 0.29) is 27.9 Å². The Labute approximate surface area is 113 Å². The van der Waals surface area contributed by atoms with Crippen LogP contribution in [0.25, 0.3) is 0 Å². The summed E-state index contributed by atoms with van der Waals surface area (Å²) in [6.07, 6.45) is 0. The third-order valence-electron chi connectivity index (χ3n) is 2.52. The van der Waals surface area contributed by atoms with Crippen LogP contribution in [0.5, 0.6) is 11.5 Å². The molecule has 0 saturated carbocycles. The molecular formula is C13H11ClF2N2O. The Morgan fingerprint density at radius 3 is 2.47 bits per heavy atom. The Balaban J connectivity index is 2.49. The van der Waals surface area contributed by atoms with Gasteiger partial charge >= 0.3 is 0 Å². The van der Waals surface area contributed by atoms with Crippen LogP contribution in [0.3, 0.4) is 0 Å². The van der Waals surface area contributed by atoms with Crippen LogP contribution in [0.4, 0.5) is 20.2 Å². The Bertz CT molecular complexity index is 647. The van der Waals surface area contributed by atoms with Crippen molar-refractivity contribution in [1.29, 1.82) is 0 Å². The van der Waals surface area contributed by atoms with Gasteiger partial charge in [-0.15, -0.1) is 0 Å². The van der Waals surface area contributed by atoms with E-state index in [1.54, 1.807) is 13.0 Å². The van der Waals surface area contributed by atoms with Crippen molar-refractivity contribution in [2.45, 2.75) is 6.92 Å². The summed E-state index contributed by atoms with van der Waals surface area (Å²) in [6.45, 7) is 1.75. The maximum Gasteiger partial charge on any atom is 0.188 e. The van der Waals surface area contributed by atoms with E-state index in [9.17, 15) is 8.78 Å². The van der Waals surface area contributed by atoms with Crippen LogP contribution in [-0.2, 0) is 0 Å². The molecule has 0 aliphatic heterocycles. The molecule has 0 aromatic heterocycles. The Kier molecular flexibility index (Phi) is 3.48. The molecular weight excluding hydrogens is 274 g/mol. The SMILES string of the molecule is Cc1ccc(F)c(Oc2c(N)cc(N)c(Cl)c2F)c1. The van der Waals surface area contributed by atoms with Gasteiger partial charge in [-0.1, -0.05) is 17.7 Å². The summed E-state index contributed by atoms with van der Waals surface area (Å²) in [5.74, 6) is -2.02. The maximum atomic E-state index is 13.9. The number of halogens is 3. The van der Waals surface area contributed by atoms with Gasteiger partial charge in [0, 0.05) is 0 Å². The molecule has 3 nitrogen and oxygen atoms in total. The first-order valence-electron chi connectivity index (χ1n) is 5.37. The smallest absolute Gasteiger partial charge is 0.188 e. The summed E-state index contributed by atoms with van der Waals surface area (Å²) in [5.41, 5.74) is 11.8. The molecule has 0 heterocycles. The van der Waals surface area contributed by atoms with Gasteiger partial charge in [-0.05, 0) is 30.7 Å². The van der Waals surface area contributed by atoms with Crippen LogP contribution >= 0.6 is 11.6 Å². The van der Waals surface area contributed by atoms with Crippen molar-refractivity contribution in [2.75, 3.05) is 11.5 Å². The largest absolute Gasteiger partial charge is 0.449 e. The van der Waals surface area contributed by atoms with E-state index in [0.29, 0.717) is 0 Å². The minimum absolute atomic E-state index is 0.00580. The van der Waals surface area contributed by atoms with Gasteiger partial charge in [0.15, 0.2) is 23.1 Å². The summed E-state index contributed by atoms with van der Waals surface area (Å²) in [4.78, 5) is 0. The zero-order chi connectivity index (χ0) is 14.2. The molecule has 2 aromatic carbocycles. The van der Waals surface area contributed by atoms with E-state index in [1.807, 2.05) is 0 Å². The number of hydrogen-bond donors (Lipinski definition) is 2. The molecule has 2 aromatic rings. The minimum atomic E-state index is -0.917. The third-order valence-corrected chi connectivity index (χ3v) is 2.90. The number of nitrogen functional groups attached to an aromatic ring is 2. The van der Waals surface area contributed by atoms with Gasteiger partial charge in [-0.25, -0.2) is 8.78 Å². The lowest BCUT2D eigenvalue weighted by Crippen LogP contribution is -2.00. The number of rotatable bonds is 2. The third kappa shape index (κ3) is 2.56. The molecule has 0 fully saturated rings.